The van der Waals surface area contributed by atoms with Crippen LogP contribution in [0.5, 0.6) is 11.5 Å². The van der Waals surface area contributed by atoms with Crippen LogP contribution in [0.25, 0.3) is 0 Å². The molecule has 0 heterocycles. The molecule has 0 radical (unpaired) electrons. The van der Waals surface area contributed by atoms with E-state index >= 15 is 0 Å². The first-order chi connectivity index (χ1) is 13.8. The normalized spacial score (nSPS) is 12.4. The molecule has 0 aliphatic carbocycles. The first-order valence-corrected chi connectivity index (χ1v) is 10.8. The number of aryl methyl sites for hydroxylation is 1. The molecule has 1 amide bonds. The molecular weight excluding hydrogens is 392 g/mol. The lowest BCUT2D eigenvalue weighted by Crippen LogP contribution is -2.39. The summed E-state index contributed by atoms with van der Waals surface area (Å²) < 4.78 is 36.6. The Balaban J connectivity index is 1.82. The molecule has 2 aromatic carbocycles. The van der Waals surface area contributed by atoms with Gasteiger partial charge in [-0.3, -0.25) is 4.79 Å². The highest BCUT2D eigenvalue weighted by Crippen LogP contribution is 2.19. The Morgan fingerprint density at radius 1 is 1.10 bits per heavy atom. The monoisotopic (exact) mass is 420 g/mol. The molecule has 0 aliphatic heterocycles. The molecule has 0 unspecified atom stereocenters. The molecule has 0 aromatic heterocycles. The third kappa shape index (κ3) is 6.20. The van der Waals surface area contributed by atoms with Crippen molar-refractivity contribution in [3.63, 3.8) is 0 Å². The van der Waals surface area contributed by atoms with Gasteiger partial charge in [-0.1, -0.05) is 25.1 Å². The number of rotatable bonds is 10. The van der Waals surface area contributed by atoms with E-state index in [0.717, 1.165) is 9.87 Å². The van der Waals surface area contributed by atoms with Gasteiger partial charge >= 0.3 is 0 Å². The molecule has 158 valence electrons. The molecule has 0 fully saturated rings. The minimum Gasteiger partial charge on any atom is -0.492 e. The van der Waals surface area contributed by atoms with Gasteiger partial charge in [-0.25, -0.2) is 12.7 Å². The average molecular weight is 421 g/mol. The van der Waals surface area contributed by atoms with Gasteiger partial charge in [0.05, 0.1) is 11.4 Å². The first kappa shape index (κ1) is 22.7. The molecule has 1 N–H and O–H groups in total. The number of benzene rings is 2. The molecule has 8 heteroatoms. The van der Waals surface area contributed by atoms with Crippen LogP contribution >= 0.6 is 0 Å². The lowest BCUT2D eigenvalue weighted by atomic mass is 10.2. The predicted molar refractivity (Wildman–Crippen MR) is 112 cm³/mol. The summed E-state index contributed by atoms with van der Waals surface area (Å²) in [5.74, 6) is 1.02. The average Bonchev–Trinajstić information content (AvgIpc) is 2.70. The van der Waals surface area contributed by atoms with Crippen LogP contribution in [0.4, 0.5) is 0 Å². The van der Waals surface area contributed by atoms with E-state index in [1.165, 1.54) is 26.2 Å². The van der Waals surface area contributed by atoms with Gasteiger partial charge in [-0.2, -0.15) is 0 Å². The maximum absolute atomic E-state index is 12.4. The second-order valence-corrected chi connectivity index (χ2v) is 8.83. The molecule has 7 nitrogen and oxygen atoms in total. The molecule has 29 heavy (non-hydrogen) atoms. The number of hydrogen-bond donors (Lipinski definition) is 1. The smallest absolute Gasteiger partial charge is 0.261 e. The molecule has 2 aromatic rings. The molecular formula is C21H28N2O5S. The summed E-state index contributed by atoms with van der Waals surface area (Å²) in [6, 6.07) is 13.7. The summed E-state index contributed by atoms with van der Waals surface area (Å²) in [6.45, 7) is 4.39. The Morgan fingerprint density at radius 2 is 1.76 bits per heavy atom. The highest BCUT2D eigenvalue weighted by Gasteiger charge is 2.19. The van der Waals surface area contributed by atoms with E-state index in [0.29, 0.717) is 24.5 Å². The number of amides is 1. The maximum atomic E-state index is 12.4. The Morgan fingerprint density at radius 3 is 2.34 bits per heavy atom. The summed E-state index contributed by atoms with van der Waals surface area (Å²) in [4.78, 5) is 12.6. The highest BCUT2D eigenvalue weighted by atomic mass is 32.2. The van der Waals surface area contributed by atoms with E-state index in [2.05, 4.69) is 5.32 Å². The number of nitrogens with zero attached hydrogens (tertiary/aromatic N) is 1. The molecule has 0 saturated heterocycles. The third-order valence-electron chi connectivity index (χ3n) is 4.30. The zero-order chi connectivity index (χ0) is 21.4. The molecule has 0 spiro atoms. The van der Waals surface area contributed by atoms with E-state index in [9.17, 15) is 13.2 Å². The van der Waals surface area contributed by atoms with Crippen molar-refractivity contribution in [2.45, 2.75) is 31.3 Å². The second-order valence-electron chi connectivity index (χ2n) is 6.68. The van der Waals surface area contributed by atoms with Crippen LogP contribution in [0, 0.1) is 6.92 Å². The third-order valence-corrected chi connectivity index (χ3v) is 6.13. The summed E-state index contributed by atoms with van der Waals surface area (Å²) in [5.41, 5.74) is 0.974. The van der Waals surface area contributed by atoms with Gasteiger partial charge in [0, 0.05) is 14.1 Å². The van der Waals surface area contributed by atoms with Crippen molar-refractivity contribution in [3.05, 3.63) is 54.1 Å². The van der Waals surface area contributed by atoms with Gasteiger partial charge in [-0.05, 0) is 49.2 Å². The van der Waals surface area contributed by atoms with Crippen molar-refractivity contribution in [3.8, 4) is 11.5 Å². The number of hydrogen-bond acceptors (Lipinski definition) is 5. The Bertz CT molecular complexity index is 911. The number of para-hydroxylation sites is 1. The van der Waals surface area contributed by atoms with Crippen molar-refractivity contribution >= 4 is 15.9 Å². The van der Waals surface area contributed by atoms with Crippen LogP contribution in [0.2, 0.25) is 0 Å². The fourth-order valence-corrected chi connectivity index (χ4v) is 3.44. The number of carbonyl (C=O) groups is 1. The van der Waals surface area contributed by atoms with Crippen molar-refractivity contribution in [1.29, 1.82) is 0 Å². The lowest BCUT2D eigenvalue weighted by molar-refractivity contribution is -0.128. The zero-order valence-electron chi connectivity index (χ0n) is 17.2. The predicted octanol–water partition coefficient (Wildman–Crippen LogP) is 2.60. The topological polar surface area (TPSA) is 84.9 Å². The number of ether oxygens (including phenoxy) is 2. The van der Waals surface area contributed by atoms with E-state index in [1.807, 2.05) is 38.1 Å². The van der Waals surface area contributed by atoms with Gasteiger partial charge in [-0.15, -0.1) is 0 Å². The molecule has 0 bridgehead atoms. The highest BCUT2D eigenvalue weighted by molar-refractivity contribution is 7.89. The van der Waals surface area contributed by atoms with Gasteiger partial charge in [0.15, 0.2) is 6.10 Å². The maximum Gasteiger partial charge on any atom is 0.261 e. The minimum atomic E-state index is -3.46. The quantitative estimate of drug-likeness (QED) is 0.597. The second kappa shape index (κ2) is 10.3. The number of nitrogens with one attached hydrogen (secondary N) is 1. The lowest BCUT2D eigenvalue weighted by Gasteiger charge is -2.18. The SMILES string of the molecule is CC[C@H](Oc1ccccc1C)C(=O)NCCOc1ccc(S(=O)(=O)N(C)C)cc1. The van der Waals surface area contributed by atoms with E-state index in [1.54, 1.807) is 12.1 Å². The van der Waals surface area contributed by atoms with Gasteiger partial charge in [0.1, 0.15) is 18.1 Å². The Hall–Kier alpha value is -2.58. The fourth-order valence-electron chi connectivity index (χ4n) is 2.54. The van der Waals surface area contributed by atoms with Crippen LogP contribution in [0.3, 0.4) is 0 Å². The Kier molecular flexibility index (Phi) is 8.04. The van der Waals surface area contributed by atoms with Crippen molar-refractivity contribution in [1.82, 2.24) is 9.62 Å². The molecule has 2 rings (SSSR count). The molecule has 1 atom stereocenters. The van der Waals surface area contributed by atoms with Crippen LogP contribution < -0.4 is 14.8 Å². The van der Waals surface area contributed by atoms with Crippen molar-refractivity contribution in [2.24, 2.45) is 0 Å². The largest absolute Gasteiger partial charge is 0.492 e. The summed E-state index contributed by atoms with van der Waals surface area (Å²) in [7, 11) is -0.503. The van der Waals surface area contributed by atoms with Gasteiger partial charge < -0.3 is 14.8 Å². The molecule has 0 aliphatic rings. The van der Waals surface area contributed by atoms with Crippen LogP contribution in [-0.2, 0) is 14.8 Å². The molecule has 0 saturated carbocycles. The van der Waals surface area contributed by atoms with Crippen LogP contribution in [0.1, 0.15) is 18.9 Å². The summed E-state index contributed by atoms with van der Waals surface area (Å²) >= 11 is 0. The van der Waals surface area contributed by atoms with Crippen molar-refractivity contribution < 1.29 is 22.7 Å². The summed E-state index contributed by atoms with van der Waals surface area (Å²) in [5, 5.41) is 2.80. The first-order valence-electron chi connectivity index (χ1n) is 9.41. The van der Waals surface area contributed by atoms with E-state index in [4.69, 9.17) is 9.47 Å². The van der Waals surface area contributed by atoms with Gasteiger partial charge in [0.2, 0.25) is 10.0 Å². The number of carbonyl (C=O) groups excluding carboxylic acids is 1. The minimum absolute atomic E-state index is 0.197. The van der Waals surface area contributed by atoms with Crippen molar-refractivity contribution in [2.75, 3.05) is 27.2 Å². The van der Waals surface area contributed by atoms with Crippen LogP contribution in [-0.4, -0.2) is 52.0 Å². The number of sulfonamides is 1. The fraction of sp³-hybridized carbons (Fsp3) is 0.381. The summed E-state index contributed by atoms with van der Waals surface area (Å²) in [6.07, 6.45) is -0.0327. The van der Waals surface area contributed by atoms with E-state index in [-0.39, 0.29) is 17.4 Å². The van der Waals surface area contributed by atoms with Crippen LogP contribution in [0.15, 0.2) is 53.4 Å². The van der Waals surface area contributed by atoms with E-state index < -0.39 is 16.1 Å². The zero-order valence-corrected chi connectivity index (χ0v) is 18.0. The van der Waals surface area contributed by atoms with Gasteiger partial charge in [0.25, 0.3) is 5.91 Å². The Labute approximate surface area is 172 Å². The standard InChI is InChI=1S/C21H28N2O5S/c1-5-19(28-20-9-7-6-8-16(20)2)21(24)22-14-15-27-17-10-12-18(13-11-17)29(25,26)23(3)4/h6-13,19H,5,14-15H2,1-4H3,(H,22,24)/t19-/m0/s1.